The van der Waals surface area contributed by atoms with Gasteiger partial charge in [-0.05, 0) is 24.0 Å². The molecule has 2 aromatic heterocycles. The van der Waals surface area contributed by atoms with Crippen LogP contribution in [-0.2, 0) is 15.0 Å². The minimum Gasteiger partial charge on any atom is -0.391 e. The van der Waals surface area contributed by atoms with Crippen LogP contribution in [0.5, 0.6) is 0 Å². The summed E-state index contributed by atoms with van der Waals surface area (Å²) >= 11 is 0. The average Bonchev–Trinajstić information content (AvgIpc) is 3.51. The highest BCUT2D eigenvalue weighted by atomic mass is 19.1. The Hall–Kier alpha value is -3.73. The number of carbonyl (C=O) groups is 2. The van der Waals surface area contributed by atoms with Crippen molar-refractivity contribution in [3.8, 4) is 11.1 Å². The third kappa shape index (κ3) is 6.04. The van der Waals surface area contributed by atoms with Crippen LogP contribution in [-0.4, -0.2) is 60.5 Å². The van der Waals surface area contributed by atoms with Gasteiger partial charge >= 0.3 is 0 Å². The van der Waals surface area contributed by atoms with Crippen molar-refractivity contribution in [3.05, 3.63) is 65.7 Å². The first-order chi connectivity index (χ1) is 18.8. The lowest BCUT2D eigenvalue weighted by molar-refractivity contribution is -0.142. The fourth-order valence-electron chi connectivity index (χ4n) is 4.95. The summed E-state index contributed by atoms with van der Waals surface area (Å²) in [6, 6.07) is 4.49. The second kappa shape index (κ2) is 11.4. The molecule has 1 fully saturated rings. The van der Waals surface area contributed by atoms with Crippen molar-refractivity contribution >= 4 is 11.8 Å². The number of nitrogens with one attached hydrogen (secondary N) is 1. The molecule has 2 amide bonds. The molecule has 4 rings (SSSR count). The van der Waals surface area contributed by atoms with Gasteiger partial charge in [-0.2, -0.15) is 0 Å². The van der Waals surface area contributed by atoms with E-state index in [4.69, 9.17) is 0 Å². The van der Waals surface area contributed by atoms with Crippen molar-refractivity contribution in [1.29, 1.82) is 0 Å². The molecule has 0 bridgehead atoms. The number of amides is 2. The second-order valence-electron chi connectivity index (χ2n) is 11.7. The quantitative estimate of drug-likeness (QED) is 0.457. The van der Waals surface area contributed by atoms with Gasteiger partial charge in [-0.1, -0.05) is 64.1 Å². The lowest BCUT2D eigenvalue weighted by atomic mass is 9.93. The number of pyridine rings is 1. The molecule has 0 radical (unpaired) electrons. The van der Waals surface area contributed by atoms with Crippen LogP contribution < -0.4 is 5.32 Å². The van der Waals surface area contributed by atoms with Gasteiger partial charge in [0.05, 0.1) is 35.8 Å². The van der Waals surface area contributed by atoms with Crippen LogP contribution in [0.3, 0.4) is 0 Å². The van der Waals surface area contributed by atoms with Gasteiger partial charge in [0, 0.05) is 24.6 Å². The number of nitrogens with zero attached hydrogens (tertiary/aromatic N) is 5. The van der Waals surface area contributed by atoms with E-state index in [0.717, 1.165) is 18.1 Å². The largest absolute Gasteiger partial charge is 0.391 e. The van der Waals surface area contributed by atoms with E-state index in [1.165, 1.54) is 4.90 Å². The topological polar surface area (TPSA) is 113 Å². The van der Waals surface area contributed by atoms with Gasteiger partial charge in [-0.15, -0.1) is 5.10 Å². The van der Waals surface area contributed by atoms with Crippen LogP contribution >= 0.6 is 0 Å². The van der Waals surface area contributed by atoms with Crippen LogP contribution in [0.4, 0.5) is 8.78 Å². The number of likely N-dealkylation sites (tertiary alicyclic amines) is 1. The third-order valence-corrected chi connectivity index (χ3v) is 7.22. The molecule has 0 spiro atoms. The summed E-state index contributed by atoms with van der Waals surface area (Å²) in [6.45, 7) is 11.6. The van der Waals surface area contributed by atoms with Crippen molar-refractivity contribution in [1.82, 2.24) is 30.2 Å². The van der Waals surface area contributed by atoms with Gasteiger partial charge in [-0.3, -0.25) is 14.6 Å². The third-order valence-electron chi connectivity index (χ3n) is 7.22. The molecule has 1 aliphatic rings. The molecule has 11 heteroatoms. The summed E-state index contributed by atoms with van der Waals surface area (Å²) in [5, 5.41) is 21.8. The van der Waals surface area contributed by atoms with Crippen LogP contribution in [0, 0.1) is 17.6 Å². The standard InChI is InChI=1S/C29H36F2N6O3/c1-16(2)26(37-15-24(34-35-37)29(4,5)6)28(40)36-14-20(38)11-23(36)27(39)33-17(3)18-7-9-19(10-8-18)25-21(30)12-32-13-22(25)31/h7-10,12-13,15-17,20,23,26,38H,11,14H2,1-6H3,(H,33,39)/t17-,20+,23-,26-/m0/s1. The number of benzene rings is 1. The highest BCUT2D eigenvalue weighted by Gasteiger charge is 2.43. The molecule has 4 atom stereocenters. The zero-order valence-electron chi connectivity index (χ0n) is 23.6. The first-order valence-corrected chi connectivity index (χ1v) is 13.4. The van der Waals surface area contributed by atoms with E-state index in [1.54, 1.807) is 42.1 Å². The summed E-state index contributed by atoms with van der Waals surface area (Å²) in [5.74, 6) is -2.38. The van der Waals surface area contributed by atoms with Gasteiger partial charge in [0.15, 0.2) is 11.6 Å². The monoisotopic (exact) mass is 554 g/mol. The Labute approximate surface area is 232 Å². The molecule has 0 aliphatic carbocycles. The molecule has 2 N–H and O–H groups in total. The number of hydrogen-bond donors (Lipinski definition) is 2. The summed E-state index contributed by atoms with van der Waals surface area (Å²) in [6.07, 6.45) is 2.94. The Morgan fingerprint density at radius 1 is 1.07 bits per heavy atom. The Kier molecular flexibility index (Phi) is 8.34. The Morgan fingerprint density at radius 3 is 2.25 bits per heavy atom. The minimum absolute atomic E-state index is 0.0348. The van der Waals surface area contributed by atoms with Crippen LogP contribution in [0.2, 0.25) is 0 Å². The fraction of sp³-hybridized carbons (Fsp3) is 0.483. The minimum atomic E-state index is -0.865. The highest BCUT2D eigenvalue weighted by Crippen LogP contribution is 2.30. The van der Waals surface area contributed by atoms with Crippen LogP contribution in [0.1, 0.15) is 71.3 Å². The second-order valence-corrected chi connectivity index (χ2v) is 11.7. The first kappa shape index (κ1) is 29.3. The summed E-state index contributed by atoms with van der Waals surface area (Å²) < 4.78 is 29.8. The first-order valence-electron chi connectivity index (χ1n) is 13.4. The van der Waals surface area contributed by atoms with E-state index in [2.05, 4.69) is 20.6 Å². The Bertz CT molecular complexity index is 1350. The van der Waals surface area contributed by atoms with E-state index in [0.29, 0.717) is 11.1 Å². The van der Waals surface area contributed by atoms with Crippen molar-refractivity contribution in [3.63, 3.8) is 0 Å². The number of rotatable bonds is 7. The lowest BCUT2D eigenvalue weighted by Gasteiger charge is -2.30. The van der Waals surface area contributed by atoms with E-state index in [1.807, 2.05) is 34.6 Å². The van der Waals surface area contributed by atoms with Crippen molar-refractivity contribution in [2.24, 2.45) is 5.92 Å². The molecule has 3 heterocycles. The molecule has 0 unspecified atom stereocenters. The van der Waals surface area contributed by atoms with Crippen LogP contribution in [0.15, 0.2) is 42.9 Å². The zero-order chi connectivity index (χ0) is 29.4. The summed E-state index contributed by atoms with van der Waals surface area (Å²) in [5.41, 5.74) is 1.38. The predicted molar refractivity (Wildman–Crippen MR) is 145 cm³/mol. The smallest absolute Gasteiger partial charge is 0.248 e. The molecule has 1 aromatic carbocycles. The van der Waals surface area contributed by atoms with Crippen molar-refractivity contribution in [2.45, 2.75) is 77.6 Å². The number of carbonyl (C=O) groups excluding carboxylic acids is 2. The Morgan fingerprint density at radius 2 is 1.70 bits per heavy atom. The SMILES string of the molecule is CC(C)[C@@H](C(=O)N1C[C@H](O)C[C@H]1C(=O)N[C@@H](C)c1ccc(-c2c(F)cncc2F)cc1)n1cc(C(C)(C)C)nn1. The zero-order valence-corrected chi connectivity index (χ0v) is 23.6. The average molecular weight is 555 g/mol. The molecule has 3 aromatic rings. The fourth-order valence-corrected chi connectivity index (χ4v) is 4.95. The molecule has 1 aliphatic heterocycles. The maximum absolute atomic E-state index is 14.1. The number of halogens is 2. The number of aliphatic hydroxyl groups is 1. The number of aromatic nitrogens is 4. The number of β-amino-alcohol motifs (C(OH)–C–C–N with tert-alkyl or cyclic N) is 1. The summed E-state index contributed by atoms with van der Waals surface area (Å²) in [4.78, 5) is 32.1. The van der Waals surface area contributed by atoms with Gasteiger partial charge in [0.25, 0.3) is 0 Å². The van der Waals surface area contributed by atoms with Gasteiger partial charge < -0.3 is 15.3 Å². The van der Waals surface area contributed by atoms with Gasteiger partial charge in [0.2, 0.25) is 11.8 Å². The normalized spacial score (nSPS) is 19.1. The van der Waals surface area contributed by atoms with Crippen LogP contribution in [0.25, 0.3) is 11.1 Å². The maximum Gasteiger partial charge on any atom is 0.248 e. The van der Waals surface area contributed by atoms with Gasteiger partial charge in [-0.25, -0.2) is 13.5 Å². The van der Waals surface area contributed by atoms with E-state index in [9.17, 15) is 23.5 Å². The molecular weight excluding hydrogens is 518 g/mol. The molecule has 1 saturated heterocycles. The molecule has 0 saturated carbocycles. The maximum atomic E-state index is 14.1. The van der Waals surface area contributed by atoms with E-state index < -0.39 is 41.8 Å². The van der Waals surface area contributed by atoms with Gasteiger partial charge in [0.1, 0.15) is 12.1 Å². The molecule has 40 heavy (non-hydrogen) atoms. The van der Waals surface area contributed by atoms with Crippen molar-refractivity contribution in [2.75, 3.05) is 6.54 Å². The summed E-state index contributed by atoms with van der Waals surface area (Å²) in [7, 11) is 0. The number of aliphatic hydroxyl groups excluding tert-OH is 1. The van der Waals surface area contributed by atoms with Crippen molar-refractivity contribution < 1.29 is 23.5 Å². The number of hydrogen-bond acceptors (Lipinski definition) is 6. The molecule has 9 nitrogen and oxygen atoms in total. The highest BCUT2D eigenvalue weighted by molar-refractivity contribution is 5.90. The lowest BCUT2D eigenvalue weighted by Crippen LogP contribution is -2.49. The Balaban J connectivity index is 1.50. The predicted octanol–water partition coefficient (Wildman–Crippen LogP) is 3.95. The van der Waals surface area contributed by atoms with E-state index in [-0.39, 0.29) is 35.8 Å². The molecule has 214 valence electrons. The molecular formula is C29H36F2N6O3. The van der Waals surface area contributed by atoms with E-state index >= 15 is 0 Å².